The minimum atomic E-state index is 0.0885. The lowest BCUT2D eigenvalue weighted by Crippen LogP contribution is -1.90. The lowest BCUT2D eigenvalue weighted by molar-refractivity contribution is 0.101. The average molecular weight is 263 g/mol. The topological polar surface area (TPSA) is 17.1 Å². The molecule has 1 nitrogen and oxygen atoms in total. The standard InChI is InChI=1S/C14H11ClOS/c1-10(16)12-5-2-11(3-6-12)4-7-13-8-9-14(15)17-13/h2-9H,1H3/b7-4+. The van der Waals surface area contributed by atoms with Crippen molar-refractivity contribution in [3.8, 4) is 0 Å². The lowest BCUT2D eigenvalue weighted by atomic mass is 10.1. The van der Waals surface area contributed by atoms with Crippen LogP contribution < -0.4 is 0 Å². The van der Waals surface area contributed by atoms with E-state index in [0.29, 0.717) is 0 Å². The first-order valence-corrected chi connectivity index (χ1v) is 6.39. The Bertz CT molecular complexity index is 552. The van der Waals surface area contributed by atoms with Gasteiger partial charge in [-0.2, -0.15) is 0 Å². The Hall–Kier alpha value is -1.38. The van der Waals surface area contributed by atoms with Gasteiger partial charge >= 0.3 is 0 Å². The summed E-state index contributed by atoms with van der Waals surface area (Å²) in [5.41, 5.74) is 1.81. The van der Waals surface area contributed by atoms with Gasteiger partial charge in [-0.1, -0.05) is 41.9 Å². The molecule has 0 spiro atoms. The average Bonchev–Trinajstić information content (AvgIpc) is 2.73. The Balaban J connectivity index is 2.13. The molecule has 0 unspecified atom stereocenters. The number of Topliss-reactive ketones (excluding diaryl/α,β-unsaturated/α-hetero) is 1. The number of rotatable bonds is 3. The minimum Gasteiger partial charge on any atom is -0.295 e. The van der Waals surface area contributed by atoms with E-state index in [0.717, 1.165) is 20.3 Å². The van der Waals surface area contributed by atoms with Crippen LogP contribution in [0.25, 0.3) is 12.2 Å². The summed E-state index contributed by atoms with van der Waals surface area (Å²) in [6.07, 6.45) is 4.02. The van der Waals surface area contributed by atoms with Gasteiger partial charge in [0.2, 0.25) is 0 Å². The van der Waals surface area contributed by atoms with E-state index in [1.165, 1.54) is 11.3 Å². The smallest absolute Gasteiger partial charge is 0.159 e. The summed E-state index contributed by atoms with van der Waals surface area (Å²) in [5, 5.41) is 0. The van der Waals surface area contributed by atoms with E-state index in [-0.39, 0.29) is 5.78 Å². The van der Waals surface area contributed by atoms with Crippen LogP contribution in [0.5, 0.6) is 0 Å². The molecule has 0 aliphatic heterocycles. The summed E-state index contributed by atoms with van der Waals surface area (Å²) in [7, 11) is 0. The molecule has 2 aromatic rings. The fourth-order valence-corrected chi connectivity index (χ4v) is 2.39. The Morgan fingerprint density at radius 3 is 2.35 bits per heavy atom. The Labute approximate surface area is 109 Å². The first-order chi connectivity index (χ1) is 8.15. The van der Waals surface area contributed by atoms with Gasteiger partial charge in [-0.3, -0.25) is 4.79 Å². The van der Waals surface area contributed by atoms with Crippen LogP contribution in [0.15, 0.2) is 36.4 Å². The van der Waals surface area contributed by atoms with Crippen molar-refractivity contribution in [3.63, 3.8) is 0 Å². The maximum Gasteiger partial charge on any atom is 0.159 e. The van der Waals surface area contributed by atoms with E-state index in [1.807, 2.05) is 48.6 Å². The van der Waals surface area contributed by atoms with Gasteiger partial charge in [-0.25, -0.2) is 0 Å². The third-order valence-electron chi connectivity index (χ3n) is 2.35. The van der Waals surface area contributed by atoms with Crippen molar-refractivity contribution in [2.75, 3.05) is 0 Å². The third-order valence-corrected chi connectivity index (χ3v) is 3.55. The largest absolute Gasteiger partial charge is 0.295 e. The van der Waals surface area contributed by atoms with E-state index in [2.05, 4.69) is 0 Å². The second-order valence-corrected chi connectivity index (χ2v) is 5.40. The van der Waals surface area contributed by atoms with Crippen LogP contribution in [0.1, 0.15) is 27.7 Å². The first-order valence-electron chi connectivity index (χ1n) is 5.19. The molecule has 0 fully saturated rings. The lowest BCUT2D eigenvalue weighted by Gasteiger charge is -1.96. The number of ketones is 1. The summed E-state index contributed by atoms with van der Waals surface area (Å²) < 4.78 is 0.788. The van der Waals surface area contributed by atoms with Crippen molar-refractivity contribution in [2.24, 2.45) is 0 Å². The summed E-state index contributed by atoms with van der Waals surface area (Å²) in [6.45, 7) is 1.57. The highest BCUT2D eigenvalue weighted by atomic mass is 35.5. The summed E-state index contributed by atoms with van der Waals surface area (Å²) in [4.78, 5) is 12.2. The van der Waals surface area contributed by atoms with Crippen molar-refractivity contribution >= 4 is 40.9 Å². The van der Waals surface area contributed by atoms with Gasteiger partial charge in [0.05, 0.1) is 4.34 Å². The molecule has 0 N–H and O–H groups in total. The molecule has 0 radical (unpaired) electrons. The molecular formula is C14H11ClOS. The van der Waals surface area contributed by atoms with Gasteiger partial charge in [-0.05, 0) is 30.7 Å². The van der Waals surface area contributed by atoms with Crippen LogP contribution in [-0.4, -0.2) is 5.78 Å². The molecule has 0 saturated carbocycles. The second kappa shape index (κ2) is 5.30. The molecular weight excluding hydrogens is 252 g/mol. The zero-order chi connectivity index (χ0) is 12.3. The molecule has 0 saturated heterocycles. The molecule has 1 aromatic carbocycles. The van der Waals surface area contributed by atoms with Crippen LogP contribution in [0.4, 0.5) is 0 Å². The summed E-state index contributed by atoms with van der Waals surface area (Å²) >= 11 is 7.38. The quantitative estimate of drug-likeness (QED) is 0.728. The van der Waals surface area contributed by atoms with Crippen LogP contribution in [-0.2, 0) is 0 Å². The summed E-state index contributed by atoms with van der Waals surface area (Å²) in [5.74, 6) is 0.0885. The van der Waals surface area contributed by atoms with Crippen molar-refractivity contribution in [3.05, 3.63) is 56.7 Å². The summed E-state index contributed by atoms with van der Waals surface area (Å²) in [6, 6.07) is 11.4. The molecule has 17 heavy (non-hydrogen) atoms. The van der Waals surface area contributed by atoms with Crippen LogP contribution in [0.3, 0.4) is 0 Å². The molecule has 0 bridgehead atoms. The van der Waals surface area contributed by atoms with Crippen LogP contribution in [0.2, 0.25) is 4.34 Å². The normalized spacial score (nSPS) is 10.9. The molecule has 2 rings (SSSR count). The fraction of sp³-hybridized carbons (Fsp3) is 0.0714. The van der Waals surface area contributed by atoms with Gasteiger partial charge in [0, 0.05) is 10.4 Å². The molecule has 1 aromatic heterocycles. The highest BCUT2D eigenvalue weighted by Crippen LogP contribution is 2.23. The molecule has 0 aliphatic rings. The van der Waals surface area contributed by atoms with Crippen molar-refractivity contribution in [1.29, 1.82) is 0 Å². The van der Waals surface area contributed by atoms with Gasteiger partial charge in [0.25, 0.3) is 0 Å². The van der Waals surface area contributed by atoms with E-state index in [9.17, 15) is 4.79 Å². The van der Waals surface area contributed by atoms with Gasteiger partial charge < -0.3 is 0 Å². The number of thiophene rings is 1. The molecule has 3 heteroatoms. The number of carbonyl (C=O) groups excluding carboxylic acids is 1. The highest BCUT2D eigenvalue weighted by Gasteiger charge is 1.97. The Kier molecular flexibility index (Phi) is 3.77. The van der Waals surface area contributed by atoms with E-state index in [1.54, 1.807) is 6.92 Å². The van der Waals surface area contributed by atoms with Crippen molar-refractivity contribution < 1.29 is 4.79 Å². The molecule has 0 atom stereocenters. The number of hydrogen-bond donors (Lipinski definition) is 0. The van der Waals surface area contributed by atoms with Gasteiger partial charge in [0.1, 0.15) is 0 Å². The zero-order valence-electron chi connectivity index (χ0n) is 9.31. The molecule has 0 amide bonds. The van der Waals surface area contributed by atoms with E-state index >= 15 is 0 Å². The minimum absolute atomic E-state index is 0.0885. The number of benzene rings is 1. The van der Waals surface area contributed by atoms with Gasteiger partial charge in [0.15, 0.2) is 5.78 Å². The molecule has 1 heterocycles. The zero-order valence-corrected chi connectivity index (χ0v) is 10.9. The predicted octanol–water partition coefficient (Wildman–Crippen LogP) is 4.77. The maximum absolute atomic E-state index is 11.1. The second-order valence-electron chi connectivity index (χ2n) is 3.65. The first kappa shape index (κ1) is 12.1. The maximum atomic E-state index is 11.1. The molecule has 86 valence electrons. The number of carbonyl (C=O) groups is 1. The monoisotopic (exact) mass is 262 g/mol. The third kappa shape index (κ3) is 3.29. The van der Waals surface area contributed by atoms with Crippen molar-refractivity contribution in [2.45, 2.75) is 6.92 Å². The van der Waals surface area contributed by atoms with Crippen LogP contribution >= 0.6 is 22.9 Å². The fourth-order valence-electron chi connectivity index (χ4n) is 1.43. The Morgan fingerprint density at radius 1 is 1.12 bits per heavy atom. The van der Waals surface area contributed by atoms with Crippen LogP contribution in [0, 0.1) is 0 Å². The number of hydrogen-bond acceptors (Lipinski definition) is 2. The van der Waals surface area contributed by atoms with E-state index < -0.39 is 0 Å². The van der Waals surface area contributed by atoms with Gasteiger partial charge in [-0.15, -0.1) is 11.3 Å². The highest BCUT2D eigenvalue weighted by molar-refractivity contribution is 7.17. The predicted molar refractivity (Wildman–Crippen MR) is 74.7 cm³/mol. The number of halogens is 1. The SMILES string of the molecule is CC(=O)c1ccc(/C=C/c2ccc(Cl)s2)cc1. The Morgan fingerprint density at radius 2 is 1.82 bits per heavy atom. The van der Waals surface area contributed by atoms with E-state index in [4.69, 9.17) is 11.6 Å². The molecule has 0 aliphatic carbocycles. The van der Waals surface area contributed by atoms with Crippen molar-refractivity contribution in [1.82, 2.24) is 0 Å².